The molecule has 66 valence electrons. The Morgan fingerprint density at radius 3 is 2.91 bits per heavy atom. The van der Waals surface area contributed by atoms with Crippen molar-refractivity contribution < 1.29 is 9.84 Å². The van der Waals surface area contributed by atoms with Gasteiger partial charge in [0.1, 0.15) is 0 Å². The lowest BCUT2D eigenvalue weighted by atomic mass is 10.0. The summed E-state index contributed by atoms with van der Waals surface area (Å²) in [4.78, 5) is 2.10. The quantitative estimate of drug-likeness (QED) is 0.543. The Kier molecular flexibility index (Phi) is 2.87. The minimum Gasteiger partial charge on any atom is -0.389 e. The lowest BCUT2D eigenvalue weighted by Crippen LogP contribution is -2.43. The number of rotatable bonds is 0. The van der Waals surface area contributed by atoms with Crippen molar-refractivity contribution in [2.75, 3.05) is 33.4 Å². The molecule has 1 aliphatic rings. The number of nitrogens with zero attached hydrogens (tertiary/aromatic N) is 1. The molecule has 1 unspecified atom stereocenters. The van der Waals surface area contributed by atoms with Crippen LogP contribution in [0.3, 0.4) is 0 Å². The second kappa shape index (κ2) is 3.52. The molecule has 0 radical (unpaired) electrons. The van der Waals surface area contributed by atoms with Crippen molar-refractivity contribution in [3.8, 4) is 0 Å². The molecular weight excluding hydrogens is 142 g/mol. The van der Waals surface area contributed by atoms with Gasteiger partial charge in [-0.15, -0.1) is 0 Å². The summed E-state index contributed by atoms with van der Waals surface area (Å²) in [5, 5.41) is 9.73. The minimum absolute atomic E-state index is 0.574. The van der Waals surface area contributed by atoms with Gasteiger partial charge in [0.25, 0.3) is 0 Å². The van der Waals surface area contributed by atoms with Crippen molar-refractivity contribution in [3.05, 3.63) is 0 Å². The average Bonchev–Trinajstić information content (AvgIpc) is 1.82. The van der Waals surface area contributed by atoms with E-state index >= 15 is 0 Å². The fourth-order valence-electron chi connectivity index (χ4n) is 1.35. The molecule has 1 fully saturated rings. The Morgan fingerprint density at radius 1 is 1.45 bits per heavy atom. The van der Waals surface area contributed by atoms with Crippen LogP contribution in [0.4, 0.5) is 0 Å². The van der Waals surface area contributed by atoms with Crippen LogP contribution in [-0.4, -0.2) is 49.0 Å². The Bertz CT molecular complexity index is 125. The highest BCUT2D eigenvalue weighted by Gasteiger charge is 2.23. The second-order valence-corrected chi connectivity index (χ2v) is 3.60. The topological polar surface area (TPSA) is 32.7 Å². The minimum atomic E-state index is -0.574. The molecule has 0 aromatic heterocycles. The first-order valence-electron chi connectivity index (χ1n) is 4.09. The zero-order valence-corrected chi connectivity index (χ0v) is 7.34. The van der Waals surface area contributed by atoms with E-state index in [9.17, 15) is 5.11 Å². The summed E-state index contributed by atoms with van der Waals surface area (Å²) < 4.78 is 5.28. The van der Waals surface area contributed by atoms with Crippen LogP contribution in [0.15, 0.2) is 0 Å². The van der Waals surface area contributed by atoms with Crippen molar-refractivity contribution in [1.29, 1.82) is 0 Å². The highest BCUT2D eigenvalue weighted by Crippen LogP contribution is 2.12. The number of hydrogen-bond donors (Lipinski definition) is 1. The summed E-state index contributed by atoms with van der Waals surface area (Å²) in [5.74, 6) is 0. The van der Waals surface area contributed by atoms with Crippen molar-refractivity contribution in [1.82, 2.24) is 4.90 Å². The van der Waals surface area contributed by atoms with E-state index in [-0.39, 0.29) is 0 Å². The summed E-state index contributed by atoms with van der Waals surface area (Å²) in [6.45, 7) is 4.98. The van der Waals surface area contributed by atoms with Gasteiger partial charge in [0.15, 0.2) is 0 Å². The van der Waals surface area contributed by atoms with Crippen LogP contribution in [0, 0.1) is 0 Å². The van der Waals surface area contributed by atoms with Crippen LogP contribution < -0.4 is 0 Å². The molecule has 0 aromatic carbocycles. The number of ether oxygens (including phenoxy) is 1. The van der Waals surface area contributed by atoms with E-state index in [0.717, 1.165) is 26.1 Å². The van der Waals surface area contributed by atoms with Crippen LogP contribution >= 0.6 is 0 Å². The fourth-order valence-corrected chi connectivity index (χ4v) is 1.35. The molecule has 3 heteroatoms. The number of aliphatic hydroxyl groups is 1. The predicted octanol–water partition coefficient (Wildman–Crippen LogP) is 0.0895. The standard InChI is InChI=1S/C8H17NO2/c1-8(10)3-5-11-6-4-9(2)7-8/h10H,3-7H2,1-2H3. The van der Waals surface area contributed by atoms with E-state index in [0.29, 0.717) is 6.61 Å². The van der Waals surface area contributed by atoms with Gasteiger partial charge in [-0.2, -0.15) is 0 Å². The van der Waals surface area contributed by atoms with Crippen molar-refractivity contribution >= 4 is 0 Å². The summed E-state index contributed by atoms with van der Waals surface area (Å²) in [7, 11) is 2.00. The molecule has 0 saturated carbocycles. The van der Waals surface area contributed by atoms with Crippen LogP contribution in [0.5, 0.6) is 0 Å². The molecule has 1 heterocycles. The van der Waals surface area contributed by atoms with Crippen LogP contribution in [-0.2, 0) is 4.74 Å². The Hall–Kier alpha value is -0.120. The molecule has 1 saturated heterocycles. The molecule has 0 aromatic rings. The lowest BCUT2D eigenvalue weighted by Gasteiger charge is -2.31. The van der Waals surface area contributed by atoms with E-state index in [2.05, 4.69) is 4.90 Å². The third-order valence-electron chi connectivity index (χ3n) is 2.01. The van der Waals surface area contributed by atoms with Gasteiger partial charge in [0, 0.05) is 26.1 Å². The molecule has 1 N–H and O–H groups in total. The van der Waals surface area contributed by atoms with E-state index in [1.165, 1.54) is 0 Å². The molecule has 3 nitrogen and oxygen atoms in total. The molecule has 0 bridgehead atoms. The van der Waals surface area contributed by atoms with Crippen molar-refractivity contribution in [3.63, 3.8) is 0 Å². The first-order chi connectivity index (χ1) is 5.10. The highest BCUT2D eigenvalue weighted by atomic mass is 16.5. The zero-order valence-electron chi connectivity index (χ0n) is 7.34. The summed E-state index contributed by atoms with van der Waals surface area (Å²) >= 11 is 0. The van der Waals surface area contributed by atoms with Gasteiger partial charge in [-0.1, -0.05) is 0 Å². The smallest absolute Gasteiger partial charge is 0.0767 e. The highest BCUT2D eigenvalue weighted by molar-refractivity contribution is 4.77. The van der Waals surface area contributed by atoms with Gasteiger partial charge in [-0.05, 0) is 14.0 Å². The van der Waals surface area contributed by atoms with Crippen LogP contribution in [0.1, 0.15) is 13.3 Å². The molecule has 11 heavy (non-hydrogen) atoms. The van der Waals surface area contributed by atoms with E-state index < -0.39 is 5.60 Å². The first-order valence-corrected chi connectivity index (χ1v) is 4.09. The predicted molar refractivity (Wildman–Crippen MR) is 43.6 cm³/mol. The third-order valence-corrected chi connectivity index (χ3v) is 2.01. The maximum absolute atomic E-state index is 9.73. The zero-order chi connectivity index (χ0) is 8.32. The number of likely N-dealkylation sites (N-methyl/N-ethyl adjacent to an activating group) is 1. The van der Waals surface area contributed by atoms with Crippen LogP contribution in [0.25, 0.3) is 0 Å². The fraction of sp³-hybridized carbons (Fsp3) is 1.00. The monoisotopic (exact) mass is 159 g/mol. The molecule has 0 aliphatic carbocycles. The van der Waals surface area contributed by atoms with Gasteiger partial charge in [0.2, 0.25) is 0 Å². The molecule has 1 atom stereocenters. The molecule has 0 amide bonds. The maximum atomic E-state index is 9.73. The van der Waals surface area contributed by atoms with Gasteiger partial charge in [-0.25, -0.2) is 0 Å². The SMILES string of the molecule is CN1CCOCCC(C)(O)C1. The van der Waals surface area contributed by atoms with E-state index in [4.69, 9.17) is 4.74 Å². The molecule has 1 rings (SSSR count). The van der Waals surface area contributed by atoms with Crippen molar-refractivity contribution in [2.45, 2.75) is 18.9 Å². The summed E-state index contributed by atoms with van der Waals surface area (Å²) in [6, 6.07) is 0. The first kappa shape index (κ1) is 8.97. The van der Waals surface area contributed by atoms with E-state index in [1.807, 2.05) is 14.0 Å². The molecule has 0 spiro atoms. The summed E-state index contributed by atoms with van der Waals surface area (Å²) in [5.41, 5.74) is -0.574. The second-order valence-electron chi connectivity index (χ2n) is 3.60. The van der Waals surface area contributed by atoms with Crippen LogP contribution in [0.2, 0.25) is 0 Å². The Labute approximate surface area is 68.0 Å². The third kappa shape index (κ3) is 3.18. The lowest BCUT2D eigenvalue weighted by molar-refractivity contribution is -0.0326. The Morgan fingerprint density at radius 2 is 2.18 bits per heavy atom. The van der Waals surface area contributed by atoms with Gasteiger partial charge in [-0.3, -0.25) is 0 Å². The molecular formula is C8H17NO2. The largest absolute Gasteiger partial charge is 0.389 e. The number of β-amino-alcohol motifs (C(OH)–C–C–N with tert-alkyl or cyclic N) is 1. The number of hydrogen-bond acceptors (Lipinski definition) is 3. The molecule has 1 aliphatic heterocycles. The van der Waals surface area contributed by atoms with Gasteiger partial charge in [0.05, 0.1) is 12.2 Å². The van der Waals surface area contributed by atoms with Gasteiger partial charge >= 0.3 is 0 Å². The van der Waals surface area contributed by atoms with Gasteiger partial charge < -0.3 is 14.7 Å². The maximum Gasteiger partial charge on any atom is 0.0767 e. The average molecular weight is 159 g/mol. The normalized spacial score (nSPS) is 36.3. The van der Waals surface area contributed by atoms with E-state index in [1.54, 1.807) is 0 Å². The van der Waals surface area contributed by atoms with Crippen molar-refractivity contribution in [2.24, 2.45) is 0 Å². The Balaban J connectivity index is 2.42. The summed E-state index contributed by atoms with van der Waals surface area (Å²) in [6.07, 6.45) is 0.733.